The van der Waals surface area contributed by atoms with Crippen LogP contribution in [0, 0.1) is 17.0 Å². The van der Waals surface area contributed by atoms with E-state index in [0.717, 1.165) is 10.0 Å². The Labute approximate surface area is 164 Å². The van der Waals surface area contributed by atoms with Gasteiger partial charge in [-0.3, -0.25) is 10.1 Å². The molecule has 0 aliphatic heterocycles. The standard InChI is InChI=1S/C17H15BrClNO4S/c1-9(2)23-17(25)12-8-11(4-6-14(12)20(21)22)24-15-7-5-13(18)10(3)16(15)19/h4-9H,1-3H3. The Hall–Kier alpha value is -1.70. The second-order valence-electron chi connectivity index (χ2n) is 5.48. The summed E-state index contributed by atoms with van der Waals surface area (Å²) in [5, 5.41) is 11.7. The van der Waals surface area contributed by atoms with Crippen molar-refractivity contribution in [2.24, 2.45) is 0 Å². The zero-order valence-corrected chi connectivity index (χ0v) is 16.9. The molecule has 8 heteroatoms. The molecule has 25 heavy (non-hydrogen) atoms. The zero-order valence-electron chi connectivity index (χ0n) is 13.7. The molecule has 0 N–H and O–H groups in total. The fourth-order valence-corrected chi connectivity index (χ4v) is 3.03. The van der Waals surface area contributed by atoms with E-state index in [1.165, 1.54) is 18.2 Å². The molecule has 2 aromatic rings. The van der Waals surface area contributed by atoms with E-state index in [0.29, 0.717) is 16.5 Å². The van der Waals surface area contributed by atoms with E-state index in [2.05, 4.69) is 15.9 Å². The van der Waals surface area contributed by atoms with Crippen molar-refractivity contribution in [1.82, 2.24) is 0 Å². The van der Waals surface area contributed by atoms with Gasteiger partial charge in [0.2, 0.25) is 0 Å². The molecule has 132 valence electrons. The Morgan fingerprint density at radius 2 is 2.00 bits per heavy atom. The lowest BCUT2D eigenvalue weighted by molar-refractivity contribution is -0.385. The monoisotopic (exact) mass is 443 g/mol. The van der Waals surface area contributed by atoms with Crippen LogP contribution in [0.5, 0.6) is 11.5 Å². The van der Waals surface area contributed by atoms with Crippen LogP contribution in [0.2, 0.25) is 5.02 Å². The van der Waals surface area contributed by atoms with Crippen LogP contribution >= 0.6 is 39.7 Å². The number of benzene rings is 2. The summed E-state index contributed by atoms with van der Waals surface area (Å²) in [7, 11) is 0. The maximum absolute atomic E-state index is 11.2. The number of hydrogen-bond donors (Lipinski definition) is 0. The van der Waals surface area contributed by atoms with Gasteiger partial charge in [-0.2, -0.15) is 0 Å². The Kier molecular flexibility index (Phi) is 6.37. The minimum atomic E-state index is -0.508. The number of rotatable bonds is 5. The Morgan fingerprint density at radius 3 is 2.60 bits per heavy atom. The minimum Gasteiger partial charge on any atom is -0.480 e. The Bertz CT molecular complexity index is 842. The first kappa shape index (κ1) is 19.6. The van der Waals surface area contributed by atoms with E-state index in [9.17, 15) is 10.1 Å². The van der Waals surface area contributed by atoms with Crippen molar-refractivity contribution >= 4 is 50.5 Å². The highest BCUT2D eigenvalue weighted by molar-refractivity contribution is 9.10. The van der Waals surface area contributed by atoms with Gasteiger partial charge in [0, 0.05) is 10.5 Å². The molecule has 0 saturated heterocycles. The third-order valence-electron chi connectivity index (χ3n) is 3.24. The van der Waals surface area contributed by atoms with Crippen molar-refractivity contribution in [3.8, 4) is 11.5 Å². The minimum absolute atomic E-state index is 0.0465. The number of nitro benzene ring substituents is 1. The fourth-order valence-electron chi connectivity index (χ4n) is 2.02. The summed E-state index contributed by atoms with van der Waals surface area (Å²) in [5.41, 5.74) is 0.882. The second-order valence-corrected chi connectivity index (χ2v) is 7.08. The normalized spacial score (nSPS) is 10.6. The predicted octanol–water partition coefficient (Wildman–Crippen LogP) is 6.21. The highest BCUT2D eigenvalue weighted by Crippen LogP contribution is 2.36. The molecule has 5 nitrogen and oxygen atoms in total. The van der Waals surface area contributed by atoms with Gasteiger partial charge in [-0.25, -0.2) is 0 Å². The molecule has 0 heterocycles. The highest BCUT2D eigenvalue weighted by atomic mass is 79.9. The van der Waals surface area contributed by atoms with Gasteiger partial charge in [0.05, 0.1) is 16.0 Å². The van der Waals surface area contributed by atoms with Crippen molar-refractivity contribution in [3.63, 3.8) is 0 Å². The molecule has 0 saturated carbocycles. The zero-order chi connectivity index (χ0) is 18.7. The van der Waals surface area contributed by atoms with Crippen molar-refractivity contribution in [2.45, 2.75) is 26.9 Å². The van der Waals surface area contributed by atoms with E-state index in [1.54, 1.807) is 19.9 Å². The van der Waals surface area contributed by atoms with E-state index in [-0.39, 0.29) is 22.4 Å². The predicted molar refractivity (Wildman–Crippen MR) is 105 cm³/mol. The van der Waals surface area contributed by atoms with E-state index < -0.39 is 4.92 Å². The smallest absolute Gasteiger partial charge is 0.281 e. The van der Waals surface area contributed by atoms with Crippen LogP contribution in [0.4, 0.5) is 5.69 Å². The molecule has 0 aliphatic carbocycles. The fraction of sp³-hybridized carbons (Fsp3) is 0.235. The lowest BCUT2D eigenvalue weighted by atomic mass is 10.1. The SMILES string of the molecule is Cc1c(Br)ccc(Oc2ccc([N+](=O)[O-])c(C(=S)OC(C)C)c2)c1Cl. The maximum atomic E-state index is 11.2. The Morgan fingerprint density at radius 1 is 1.32 bits per heavy atom. The van der Waals surface area contributed by atoms with Gasteiger partial charge in [0.1, 0.15) is 17.1 Å². The quantitative estimate of drug-likeness (QED) is 0.311. The number of thiocarbonyl (C=S) groups is 1. The third-order valence-corrected chi connectivity index (χ3v) is 4.88. The number of nitro groups is 1. The molecule has 0 aromatic heterocycles. The summed E-state index contributed by atoms with van der Waals surface area (Å²) in [6.07, 6.45) is -0.194. The van der Waals surface area contributed by atoms with Crippen molar-refractivity contribution < 1.29 is 14.4 Å². The van der Waals surface area contributed by atoms with Crippen LogP contribution < -0.4 is 4.74 Å². The molecule has 0 spiro atoms. The van der Waals surface area contributed by atoms with Gasteiger partial charge in [0.15, 0.2) is 5.05 Å². The first-order valence-corrected chi connectivity index (χ1v) is 8.90. The van der Waals surface area contributed by atoms with Crippen LogP contribution in [0.1, 0.15) is 25.0 Å². The average molecular weight is 445 g/mol. The summed E-state index contributed by atoms with van der Waals surface area (Å²) in [5.74, 6) is 0.816. The summed E-state index contributed by atoms with van der Waals surface area (Å²) in [4.78, 5) is 10.7. The second kappa shape index (κ2) is 8.12. The topological polar surface area (TPSA) is 61.6 Å². The molecule has 2 aromatic carbocycles. The number of nitrogens with zero attached hydrogens (tertiary/aromatic N) is 1. The lowest BCUT2D eigenvalue weighted by Gasteiger charge is -2.14. The molecule has 2 rings (SSSR count). The Balaban J connectivity index is 2.42. The first-order chi connectivity index (χ1) is 11.7. The van der Waals surface area contributed by atoms with Crippen LogP contribution in [-0.4, -0.2) is 16.1 Å². The van der Waals surface area contributed by atoms with Gasteiger partial charge in [0.25, 0.3) is 5.69 Å². The largest absolute Gasteiger partial charge is 0.480 e. The van der Waals surface area contributed by atoms with Gasteiger partial charge in [-0.05, 0) is 62.8 Å². The van der Waals surface area contributed by atoms with E-state index >= 15 is 0 Å². The summed E-state index contributed by atoms with van der Waals surface area (Å²) < 4.78 is 12.1. The van der Waals surface area contributed by atoms with Crippen LogP contribution in [0.25, 0.3) is 0 Å². The lowest BCUT2D eigenvalue weighted by Crippen LogP contribution is -2.12. The molecular weight excluding hydrogens is 430 g/mol. The number of ether oxygens (including phenoxy) is 2. The molecule has 0 radical (unpaired) electrons. The first-order valence-electron chi connectivity index (χ1n) is 7.32. The van der Waals surface area contributed by atoms with Gasteiger partial charge in [-0.15, -0.1) is 0 Å². The van der Waals surface area contributed by atoms with Gasteiger partial charge >= 0.3 is 0 Å². The molecule has 0 amide bonds. The highest BCUT2D eigenvalue weighted by Gasteiger charge is 2.21. The molecular formula is C17H15BrClNO4S. The number of hydrogen-bond acceptors (Lipinski definition) is 5. The van der Waals surface area contributed by atoms with Crippen LogP contribution in [0.15, 0.2) is 34.8 Å². The summed E-state index contributed by atoms with van der Waals surface area (Å²) in [6, 6.07) is 7.84. The third kappa shape index (κ3) is 4.68. The molecule has 0 fully saturated rings. The average Bonchev–Trinajstić information content (AvgIpc) is 2.54. The van der Waals surface area contributed by atoms with Gasteiger partial charge in [-0.1, -0.05) is 27.5 Å². The van der Waals surface area contributed by atoms with E-state index in [4.69, 9.17) is 33.3 Å². The van der Waals surface area contributed by atoms with Crippen LogP contribution in [-0.2, 0) is 4.74 Å². The summed E-state index contributed by atoms with van der Waals surface area (Å²) in [6.45, 7) is 5.44. The summed E-state index contributed by atoms with van der Waals surface area (Å²) >= 11 is 14.9. The van der Waals surface area contributed by atoms with Gasteiger partial charge < -0.3 is 9.47 Å². The van der Waals surface area contributed by atoms with Crippen molar-refractivity contribution in [3.05, 3.63) is 61.1 Å². The molecule has 0 atom stereocenters. The van der Waals surface area contributed by atoms with Crippen molar-refractivity contribution in [1.29, 1.82) is 0 Å². The van der Waals surface area contributed by atoms with E-state index in [1.807, 2.05) is 13.0 Å². The maximum Gasteiger partial charge on any atom is 0.281 e. The van der Waals surface area contributed by atoms with Crippen LogP contribution in [0.3, 0.4) is 0 Å². The molecule has 0 unspecified atom stereocenters. The number of halogens is 2. The molecule has 0 bridgehead atoms. The van der Waals surface area contributed by atoms with Crippen molar-refractivity contribution in [2.75, 3.05) is 0 Å². The molecule has 0 aliphatic rings.